The summed E-state index contributed by atoms with van der Waals surface area (Å²) in [5.41, 5.74) is 0. The van der Waals surface area contributed by atoms with Gasteiger partial charge >= 0.3 is 5.97 Å². The summed E-state index contributed by atoms with van der Waals surface area (Å²) in [6, 6.07) is 0. The van der Waals surface area contributed by atoms with E-state index in [0.717, 1.165) is 25.9 Å². The number of carbonyl (C=O) groups excluding carboxylic acids is 2. The van der Waals surface area contributed by atoms with E-state index < -0.39 is 0 Å². The monoisotopic (exact) mass is 230 g/mol. The second-order valence-corrected chi connectivity index (χ2v) is 3.63. The van der Waals surface area contributed by atoms with Crippen LogP contribution in [0.25, 0.3) is 0 Å². The van der Waals surface area contributed by atoms with Gasteiger partial charge in [-0.1, -0.05) is 6.92 Å². The zero-order chi connectivity index (χ0) is 12.4. The summed E-state index contributed by atoms with van der Waals surface area (Å²) >= 11 is 0. The van der Waals surface area contributed by atoms with Crippen LogP contribution in [0.15, 0.2) is 0 Å². The third-order valence-corrected chi connectivity index (χ3v) is 2.27. The molecule has 5 nitrogen and oxygen atoms in total. The normalized spacial score (nSPS) is 10.2. The van der Waals surface area contributed by atoms with E-state index in [4.69, 9.17) is 0 Å². The lowest BCUT2D eigenvalue weighted by Gasteiger charge is -2.20. The summed E-state index contributed by atoms with van der Waals surface area (Å²) in [5.74, 6) is -0.192. The fourth-order valence-electron chi connectivity index (χ4n) is 1.42. The van der Waals surface area contributed by atoms with Crippen molar-refractivity contribution >= 4 is 11.9 Å². The quantitative estimate of drug-likeness (QED) is 0.613. The zero-order valence-electron chi connectivity index (χ0n) is 10.4. The van der Waals surface area contributed by atoms with Crippen molar-refractivity contribution in [3.63, 3.8) is 0 Å². The van der Waals surface area contributed by atoms with Crippen molar-refractivity contribution in [1.82, 2.24) is 10.2 Å². The van der Waals surface area contributed by atoms with Crippen LogP contribution in [0.1, 0.15) is 26.2 Å². The molecule has 0 heterocycles. The first-order valence-corrected chi connectivity index (χ1v) is 5.63. The van der Waals surface area contributed by atoms with Gasteiger partial charge in [0.1, 0.15) is 0 Å². The highest BCUT2D eigenvalue weighted by molar-refractivity contribution is 5.77. The molecule has 16 heavy (non-hydrogen) atoms. The molecule has 0 aromatic rings. The minimum Gasteiger partial charge on any atom is -0.469 e. The van der Waals surface area contributed by atoms with Gasteiger partial charge in [-0.25, -0.2) is 0 Å². The molecule has 5 heteroatoms. The molecule has 0 fully saturated rings. The number of carbonyl (C=O) groups is 2. The Morgan fingerprint density at radius 1 is 1.31 bits per heavy atom. The van der Waals surface area contributed by atoms with Crippen molar-refractivity contribution in [2.45, 2.75) is 26.2 Å². The summed E-state index contributed by atoms with van der Waals surface area (Å²) < 4.78 is 4.56. The molecule has 0 saturated carbocycles. The van der Waals surface area contributed by atoms with Crippen molar-refractivity contribution in [2.24, 2.45) is 0 Å². The zero-order valence-corrected chi connectivity index (χ0v) is 10.4. The lowest BCUT2D eigenvalue weighted by atomic mass is 10.2. The lowest BCUT2D eigenvalue weighted by Crippen LogP contribution is -2.36. The Hall–Kier alpha value is -1.10. The van der Waals surface area contributed by atoms with Gasteiger partial charge in [0.2, 0.25) is 5.91 Å². The number of nitrogens with one attached hydrogen (secondary N) is 1. The molecular formula is C11H22N2O3. The Morgan fingerprint density at radius 3 is 2.50 bits per heavy atom. The highest BCUT2D eigenvalue weighted by Gasteiger charge is 2.09. The SMILES string of the molecule is CCCN(CCCC(=O)OC)CC(=O)NC. The lowest BCUT2D eigenvalue weighted by molar-refractivity contribution is -0.140. The molecule has 0 atom stereocenters. The molecule has 0 aromatic heterocycles. The molecule has 0 aliphatic heterocycles. The Balaban J connectivity index is 3.84. The van der Waals surface area contributed by atoms with Gasteiger partial charge in [-0.2, -0.15) is 0 Å². The number of hydrogen-bond acceptors (Lipinski definition) is 4. The van der Waals surface area contributed by atoms with Gasteiger partial charge < -0.3 is 10.1 Å². The van der Waals surface area contributed by atoms with Crippen LogP contribution < -0.4 is 5.32 Å². The van der Waals surface area contributed by atoms with Crippen LogP contribution in [0.3, 0.4) is 0 Å². The minimum absolute atomic E-state index is 0.00604. The van der Waals surface area contributed by atoms with E-state index in [1.54, 1.807) is 7.05 Å². The number of hydrogen-bond donors (Lipinski definition) is 1. The van der Waals surface area contributed by atoms with Crippen molar-refractivity contribution < 1.29 is 14.3 Å². The van der Waals surface area contributed by atoms with Gasteiger partial charge in [0.05, 0.1) is 13.7 Å². The molecule has 0 unspecified atom stereocenters. The molecule has 0 bridgehead atoms. The fourth-order valence-corrected chi connectivity index (χ4v) is 1.42. The average Bonchev–Trinajstić information content (AvgIpc) is 2.28. The van der Waals surface area contributed by atoms with E-state index in [2.05, 4.69) is 17.0 Å². The van der Waals surface area contributed by atoms with Gasteiger partial charge in [-0.15, -0.1) is 0 Å². The van der Waals surface area contributed by atoms with Gasteiger partial charge in [-0.05, 0) is 25.9 Å². The van der Waals surface area contributed by atoms with Crippen LogP contribution in [0.4, 0.5) is 0 Å². The standard InChI is InChI=1S/C11H22N2O3/c1-4-7-13(9-10(14)12-2)8-5-6-11(15)16-3/h4-9H2,1-3H3,(H,12,14). The molecule has 0 aliphatic carbocycles. The first-order valence-electron chi connectivity index (χ1n) is 5.63. The fraction of sp³-hybridized carbons (Fsp3) is 0.818. The predicted octanol–water partition coefficient (Wildman–Crippen LogP) is 0.398. The van der Waals surface area contributed by atoms with E-state index >= 15 is 0 Å². The van der Waals surface area contributed by atoms with Gasteiger partial charge in [-0.3, -0.25) is 14.5 Å². The number of likely N-dealkylation sites (N-methyl/N-ethyl adjacent to an activating group) is 1. The van der Waals surface area contributed by atoms with Crippen LogP contribution in [-0.4, -0.2) is 50.6 Å². The van der Waals surface area contributed by atoms with Crippen molar-refractivity contribution in [2.75, 3.05) is 33.8 Å². The molecular weight excluding hydrogens is 208 g/mol. The summed E-state index contributed by atoms with van der Waals surface area (Å²) in [6.45, 7) is 4.08. The van der Waals surface area contributed by atoms with Crippen LogP contribution >= 0.6 is 0 Å². The van der Waals surface area contributed by atoms with Gasteiger partial charge in [0, 0.05) is 13.5 Å². The Morgan fingerprint density at radius 2 is 2.00 bits per heavy atom. The van der Waals surface area contributed by atoms with Gasteiger partial charge in [0.15, 0.2) is 0 Å². The molecule has 0 spiro atoms. The maximum absolute atomic E-state index is 11.2. The third-order valence-electron chi connectivity index (χ3n) is 2.27. The Bertz CT molecular complexity index is 219. The summed E-state index contributed by atoms with van der Waals surface area (Å²) in [5, 5.41) is 2.59. The first kappa shape index (κ1) is 14.9. The third kappa shape index (κ3) is 7.23. The number of amides is 1. The highest BCUT2D eigenvalue weighted by Crippen LogP contribution is 1.98. The van der Waals surface area contributed by atoms with Crippen molar-refractivity contribution in [3.05, 3.63) is 0 Å². The topological polar surface area (TPSA) is 58.6 Å². The van der Waals surface area contributed by atoms with Crippen molar-refractivity contribution in [1.29, 1.82) is 0 Å². The smallest absolute Gasteiger partial charge is 0.305 e. The Labute approximate surface area is 97.1 Å². The maximum Gasteiger partial charge on any atom is 0.305 e. The van der Waals surface area contributed by atoms with E-state index in [1.807, 2.05) is 4.90 Å². The highest BCUT2D eigenvalue weighted by atomic mass is 16.5. The minimum atomic E-state index is -0.198. The molecule has 0 radical (unpaired) electrons. The summed E-state index contributed by atoms with van der Waals surface area (Å²) in [4.78, 5) is 24.2. The maximum atomic E-state index is 11.2. The second kappa shape index (κ2) is 9.15. The number of esters is 1. The van der Waals surface area contributed by atoms with E-state index in [0.29, 0.717) is 13.0 Å². The predicted molar refractivity (Wildman–Crippen MR) is 62.0 cm³/mol. The Kier molecular flexibility index (Phi) is 8.52. The van der Waals surface area contributed by atoms with Crippen LogP contribution in [0, 0.1) is 0 Å². The average molecular weight is 230 g/mol. The molecule has 1 N–H and O–H groups in total. The molecule has 0 saturated heterocycles. The number of rotatable bonds is 8. The van der Waals surface area contributed by atoms with Crippen LogP contribution in [-0.2, 0) is 14.3 Å². The number of nitrogens with zero attached hydrogens (tertiary/aromatic N) is 1. The van der Waals surface area contributed by atoms with Crippen LogP contribution in [0.2, 0.25) is 0 Å². The van der Waals surface area contributed by atoms with E-state index in [9.17, 15) is 9.59 Å². The molecule has 0 rings (SSSR count). The van der Waals surface area contributed by atoms with E-state index in [1.165, 1.54) is 7.11 Å². The van der Waals surface area contributed by atoms with Crippen molar-refractivity contribution in [3.8, 4) is 0 Å². The summed E-state index contributed by atoms with van der Waals surface area (Å²) in [7, 11) is 3.01. The number of ether oxygens (including phenoxy) is 1. The molecule has 0 aliphatic rings. The largest absolute Gasteiger partial charge is 0.469 e. The summed E-state index contributed by atoms with van der Waals surface area (Å²) in [6.07, 6.45) is 2.13. The molecule has 1 amide bonds. The molecule has 0 aromatic carbocycles. The van der Waals surface area contributed by atoms with Gasteiger partial charge in [0.25, 0.3) is 0 Å². The second-order valence-electron chi connectivity index (χ2n) is 3.63. The molecule has 94 valence electrons. The van der Waals surface area contributed by atoms with E-state index in [-0.39, 0.29) is 11.9 Å². The first-order chi connectivity index (χ1) is 7.63. The number of methoxy groups -OCH3 is 1. The van der Waals surface area contributed by atoms with Crippen LogP contribution in [0.5, 0.6) is 0 Å².